The molecule has 1 fully saturated rings. The van der Waals surface area contributed by atoms with E-state index in [1.807, 2.05) is 17.0 Å². The minimum Gasteiger partial charge on any atom is -0.469 e. The van der Waals surface area contributed by atoms with Gasteiger partial charge in [0.15, 0.2) is 5.82 Å². The van der Waals surface area contributed by atoms with Crippen molar-refractivity contribution in [2.45, 2.75) is 51.6 Å². The summed E-state index contributed by atoms with van der Waals surface area (Å²) >= 11 is 0. The van der Waals surface area contributed by atoms with Gasteiger partial charge < -0.3 is 13.8 Å². The Balaban J connectivity index is 1.46. The van der Waals surface area contributed by atoms with Gasteiger partial charge in [0, 0.05) is 38.9 Å². The first-order valence-electron chi connectivity index (χ1n) is 8.91. The average Bonchev–Trinajstić information content (AvgIpc) is 3.18. The van der Waals surface area contributed by atoms with E-state index in [0.717, 1.165) is 43.9 Å². The van der Waals surface area contributed by atoms with E-state index in [9.17, 15) is 4.79 Å². The number of nitrogens with zero attached hydrogens (tertiary/aromatic N) is 4. The molecule has 0 spiro atoms. The van der Waals surface area contributed by atoms with Gasteiger partial charge in [-0.1, -0.05) is 5.16 Å². The Hall–Kier alpha value is -2.15. The summed E-state index contributed by atoms with van der Waals surface area (Å²) in [5, 5.41) is 3.96. The minimum absolute atomic E-state index is 0.216. The highest BCUT2D eigenvalue weighted by Gasteiger charge is 2.23. The van der Waals surface area contributed by atoms with E-state index in [0.29, 0.717) is 31.3 Å². The lowest BCUT2D eigenvalue weighted by Crippen LogP contribution is -2.35. The quantitative estimate of drug-likeness (QED) is 0.799. The van der Waals surface area contributed by atoms with Crippen LogP contribution in [0.2, 0.25) is 0 Å². The number of aryl methyl sites for hydroxylation is 2. The minimum atomic E-state index is 0.216. The lowest BCUT2D eigenvalue weighted by atomic mass is 10.1. The SMILES string of the molecule is Cc1nc(CN(C)[C@H]2CCCN(C(=O)CCc3ccco3)CC2)no1. The van der Waals surface area contributed by atoms with Crippen LogP contribution in [0.5, 0.6) is 0 Å². The van der Waals surface area contributed by atoms with Crippen molar-refractivity contribution in [1.82, 2.24) is 19.9 Å². The summed E-state index contributed by atoms with van der Waals surface area (Å²) in [5.74, 6) is 2.40. The van der Waals surface area contributed by atoms with Crippen LogP contribution in [-0.2, 0) is 17.8 Å². The summed E-state index contributed by atoms with van der Waals surface area (Å²) in [4.78, 5) is 21.0. The van der Waals surface area contributed by atoms with Gasteiger partial charge in [-0.2, -0.15) is 4.98 Å². The molecule has 1 amide bonds. The molecule has 2 aromatic rings. The average molecular weight is 346 g/mol. The van der Waals surface area contributed by atoms with Gasteiger partial charge in [0.25, 0.3) is 0 Å². The Morgan fingerprint density at radius 2 is 2.28 bits per heavy atom. The largest absolute Gasteiger partial charge is 0.469 e. The standard InChI is InChI=1S/C18H26N4O3/c1-14-19-17(20-25-14)13-21(2)15-5-3-10-22(11-9-15)18(23)8-7-16-6-4-12-24-16/h4,6,12,15H,3,5,7-11,13H2,1-2H3/t15-/m0/s1. The molecule has 0 saturated carbocycles. The maximum Gasteiger partial charge on any atom is 0.223 e. The number of hydrogen-bond donors (Lipinski definition) is 0. The van der Waals surface area contributed by atoms with Gasteiger partial charge in [0.1, 0.15) is 5.76 Å². The van der Waals surface area contributed by atoms with Crippen molar-refractivity contribution < 1.29 is 13.7 Å². The highest BCUT2D eigenvalue weighted by molar-refractivity contribution is 5.76. The molecular formula is C18H26N4O3. The molecule has 0 aliphatic carbocycles. The number of carbonyl (C=O) groups excluding carboxylic acids is 1. The molecule has 0 radical (unpaired) electrons. The zero-order valence-electron chi connectivity index (χ0n) is 15.0. The van der Waals surface area contributed by atoms with Crippen molar-refractivity contribution in [2.75, 3.05) is 20.1 Å². The molecule has 2 aromatic heterocycles. The van der Waals surface area contributed by atoms with E-state index in [-0.39, 0.29) is 5.91 Å². The van der Waals surface area contributed by atoms with E-state index < -0.39 is 0 Å². The molecule has 136 valence electrons. The summed E-state index contributed by atoms with van der Waals surface area (Å²) < 4.78 is 10.3. The summed E-state index contributed by atoms with van der Waals surface area (Å²) in [6, 6.07) is 4.21. The van der Waals surface area contributed by atoms with Crippen LogP contribution in [0.15, 0.2) is 27.3 Å². The van der Waals surface area contributed by atoms with Gasteiger partial charge in [-0.15, -0.1) is 0 Å². The van der Waals surface area contributed by atoms with E-state index in [4.69, 9.17) is 8.94 Å². The molecular weight excluding hydrogens is 320 g/mol. The molecule has 3 heterocycles. The van der Waals surface area contributed by atoms with Crippen LogP contribution in [0.1, 0.15) is 43.2 Å². The van der Waals surface area contributed by atoms with Gasteiger partial charge in [-0.05, 0) is 38.4 Å². The Bertz CT molecular complexity index is 668. The van der Waals surface area contributed by atoms with Crippen LogP contribution in [0.3, 0.4) is 0 Å². The number of carbonyl (C=O) groups is 1. The third-order valence-corrected chi connectivity index (χ3v) is 4.80. The Labute approximate surface area is 148 Å². The maximum atomic E-state index is 12.5. The first-order chi connectivity index (χ1) is 12.1. The second-order valence-electron chi connectivity index (χ2n) is 6.69. The molecule has 25 heavy (non-hydrogen) atoms. The van der Waals surface area contributed by atoms with Crippen LogP contribution >= 0.6 is 0 Å². The summed E-state index contributed by atoms with van der Waals surface area (Å²) in [6.07, 6.45) is 5.90. The predicted molar refractivity (Wildman–Crippen MR) is 91.8 cm³/mol. The first-order valence-corrected chi connectivity index (χ1v) is 8.91. The fraction of sp³-hybridized carbons (Fsp3) is 0.611. The van der Waals surface area contributed by atoms with Gasteiger partial charge in [0.2, 0.25) is 11.8 Å². The number of hydrogen-bond acceptors (Lipinski definition) is 6. The Kier molecular flexibility index (Phi) is 5.86. The monoisotopic (exact) mass is 346 g/mol. The lowest BCUT2D eigenvalue weighted by molar-refractivity contribution is -0.131. The van der Waals surface area contributed by atoms with Crippen molar-refractivity contribution in [1.29, 1.82) is 0 Å². The van der Waals surface area contributed by atoms with Crippen molar-refractivity contribution in [3.63, 3.8) is 0 Å². The van der Waals surface area contributed by atoms with Crippen LogP contribution in [0.4, 0.5) is 0 Å². The smallest absolute Gasteiger partial charge is 0.223 e. The van der Waals surface area contributed by atoms with E-state index >= 15 is 0 Å². The first kappa shape index (κ1) is 17.7. The van der Waals surface area contributed by atoms with Crippen LogP contribution < -0.4 is 0 Å². The maximum absolute atomic E-state index is 12.5. The molecule has 0 unspecified atom stereocenters. The third kappa shape index (κ3) is 4.92. The van der Waals surface area contributed by atoms with E-state index in [2.05, 4.69) is 22.1 Å². The van der Waals surface area contributed by atoms with Crippen molar-refractivity contribution in [3.05, 3.63) is 35.9 Å². The highest BCUT2D eigenvalue weighted by Crippen LogP contribution is 2.18. The molecule has 7 heteroatoms. The number of rotatable bonds is 6. The second-order valence-corrected chi connectivity index (χ2v) is 6.69. The van der Waals surface area contributed by atoms with Crippen LogP contribution in [0, 0.1) is 6.92 Å². The second kappa shape index (κ2) is 8.29. The topological polar surface area (TPSA) is 75.6 Å². The molecule has 7 nitrogen and oxygen atoms in total. The Morgan fingerprint density at radius 1 is 1.40 bits per heavy atom. The normalized spacial score (nSPS) is 18.5. The summed E-state index contributed by atoms with van der Waals surface area (Å²) in [6.45, 7) is 4.11. The zero-order chi connectivity index (χ0) is 17.6. The fourth-order valence-corrected chi connectivity index (χ4v) is 3.37. The van der Waals surface area contributed by atoms with Crippen molar-refractivity contribution in [3.8, 4) is 0 Å². The summed E-state index contributed by atoms with van der Waals surface area (Å²) in [7, 11) is 2.09. The van der Waals surface area contributed by atoms with Gasteiger partial charge in [-0.3, -0.25) is 9.69 Å². The van der Waals surface area contributed by atoms with Gasteiger partial charge >= 0.3 is 0 Å². The Morgan fingerprint density at radius 3 is 3.00 bits per heavy atom. The van der Waals surface area contributed by atoms with E-state index in [1.165, 1.54) is 0 Å². The van der Waals surface area contributed by atoms with Gasteiger partial charge in [0.05, 0.1) is 12.8 Å². The van der Waals surface area contributed by atoms with Crippen LogP contribution in [-0.4, -0.2) is 52.0 Å². The third-order valence-electron chi connectivity index (χ3n) is 4.80. The molecule has 3 rings (SSSR count). The molecule has 1 atom stereocenters. The fourth-order valence-electron chi connectivity index (χ4n) is 3.37. The molecule has 0 aromatic carbocycles. The van der Waals surface area contributed by atoms with Crippen molar-refractivity contribution in [2.24, 2.45) is 0 Å². The number of amides is 1. The van der Waals surface area contributed by atoms with Crippen molar-refractivity contribution >= 4 is 5.91 Å². The van der Waals surface area contributed by atoms with Gasteiger partial charge in [-0.25, -0.2) is 0 Å². The lowest BCUT2D eigenvalue weighted by Gasteiger charge is -2.26. The molecule has 1 aliphatic heterocycles. The predicted octanol–water partition coefficient (Wildman–Crippen LogP) is 2.42. The zero-order valence-corrected chi connectivity index (χ0v) is 15.0. The van der Waals surface area contributed by atoms with E-state index in [1.54, 1.807) is 13.2 Å². The molecule has 1 saturated heterocycles. The molecule has 1 aliphatic rings. The number of furan rings is 1. The summed E-state index contributed by atoms with van der Waals surface area (Å²) in [5.41, 5.74) is 0. The number of aromatic nitrogens is 2. The number of likely N-dealkylation sites (tertiary alicyclic amines) is 1. The van der Waals surface area contributed by atoms with Crippen LogP contribution in [0.25, 0.3) is 0 Å². The molecule has 0 bridgehead atoms. The molecule has 0 N–H and O–H groups in total. The highest BCUT2D eigenvalue weighted by atomic mass is 16.5.